The maximum atomic E-state index is 13.6. The average molecular weight is 588 g/mol. The van der Waals surface area contributed by atoms with Crippen molar-refractivity contribution >= 4 is 51.1 Å². The summed E-state index contributed by atoms with van der Waals surface area (Å²) in [5, 5.41) is 3.74. The first-order valence-electron chi connectivity index (χ1n) is 12.1. The molecule has 190 valence electrons. The molecule has 0 aromatic heterocycles. The second-order valence-electron chi connectivity index (χ2n) is 8.62. The van der Waals surface area contributed by atoms with E-state index < -0.39 is 6.04 Å². The number of hydrogen-bond donors (Lipinski definition) is 1. The van der Waals surface area contributed by atoms with E-state index in [1.54, 1.807) is 4.90 Å². The molecule has 7 heteroatoms. The van der Waals surface area contributed by atoms with E-state index in [1.165, 1.54) is 11.8 Å². The van der Waals surface area contributed by atoms with Crippen LogP contribution in [0.2, 0.25) is 5.02 Å². The highest BCUT2D eigenvalue weighted by molar-refractivity contribution is 9.10. The number of hydrogen-bond acceptors (Lipinski definition) is 3. The highest BCUT2D eigenvalue weighted by Crippen LogP contribution is 2.21. The first-order chi connectivity index (χ1) is 17.5. The van der Waals surface area contributed by atoms with Crippen molar-refractivity contribution in [3.63, 3.8) is 0 Å². The third kappa shape index (κ3) is 9.30. The molecule has 1 N–H and O–H groups in total. The molecule has 1 unspecified atom stereocenters. The van der Waals surface area contributed by atoms with Gasteiger partial charge in [-0.2, -0.15) is 0 Å². The summed E-state index contributed by atoms with van der Waals surface area (Å²) in [4.78, 5) is 28.8. The molecular formula is C29H32BrClN2O2S. The number of carbonyl (C=O) groups is 2. The third-order valence-electron chi connectivity index (χ3n) is 5.73. The normalized spacial score (nSPS) is 11.6. The van der Waals surface area contributed by atoms with Crippen molar-refractivity contribution in [1.82, 2.24) is 10.2 Å². The smallest absolute Gasteiger partial charge is 0.243 e. The molecular weight excluding hydrogens is 556 g/mol. The van der Waals surface area contributed by atoms with E-state index in [1.807, 2.05) is 78.9 Å². The van der Waals surface area contributed by atoms with Gasteiger partial charge in [0.25, 0.3) is 0 Å². The van der Waals surface area contributed by atoms with E-state index >= 15 is 0 Å². The van der Waals surface area contributed by atoms with Gasteiger partial charge < -0.3 is 10.2 Å². The van der Waals surface area contributed by atoms with Crippen LogP contribution in [0.5, 0.6) is 0 Å². The Bertz CT molecular complexity index is 1130. The Morgan fingerprint density at radius 3 is 2.42 bits per heavy atom. The standard InChI is InChI=1S/C29H32BrClN2O2S/c1-2-3-15-32-29(35)27(18-22-9-5-4-6-10-22)33(19-23-11-7-13-25(30)16-23)28(34)21-36-20-24-12-8-14-26(31)17-24/h4-14,16-17,27H,2-3,15,18-21H2,1H3,(H,32,35). The van der Waals surface area contributed by atoms with Crippen LogP contribution in [0, 0.1) is 0 Å². The van der Waals surface area contributed by atoms with E-state index in [2.05, 4.69) is 28.2 Å². The molecule has 36 heavy (non-hydrogen) atoms. The molecule has 0 aliphatic heterocycles. The van der Waals surface area contributed by atoms with Crippen molar-refractivity contribution in [3.8, 4) is 0 Å². The molecule has 3 aromatic rings. The van der Waals surface area contributed by atoms with Gasteiger partial charge in [0.15, 0.2) is 0 Å². The number of thioether (sulfide) groups is 1. The van der Waals surface area contributed by atoms with Gasteiger partial charge in [-0.15, -0.1) is 11.8 Å². The van der Waals surface area contributed by atoms with Crippen LogP contribution in [0.15, 0.2) is 83.3 Å². The van der Waals surface area contributed by atoms with Gasteiger partial charge in [-0.1, -0.05) is 95.5 Å². The lowest BCUT2D eigenvalue weighted by molar-refractivity contribution is -0.139. The first kappa shape index (κ1) is 28.3. The molecule has 3 aromatic carbocycles. The zero-order valence-electron chi connectivity index (χ0n) is 20.5. The van der Waals surface area contributed by atoms with Crippen LogP contribution in [-0.2, 0) is 28.3 Å². The molecule has 1 atom stereocenters. The Morgan fingerprint density at radius 2 is 1.69 bits per heavy atom. The third-order valence-corrected chi connectivity index (χ3v) is 7.44. The number of unbranched alkanes of at least 4 members (excludes halogenated alkanes) is 1. The van der Waals surface area contributed by atoms with E-state index in [-0.39, 0.29) is 17.6 Å². The maximum Gasteiger partial charge on any atom is 0.243 e. The Balaban J connectivity index is 1.83. The summed E-state index contributed by atoms with van der Waals surface area (Å²) >= 11 is 11.2. The fraction of sp³-hybridized carbons (Fsp3) is 0.310. The van der Waals surface area contributed by atoms with Crippen molar-refractivity contribution < 1.29 is 9.59 Å². The van der Waals surface area contributed by atoms with Crippen LogP contribution < -0.4 is 5.32 Å². The summed E-state index contributed by atoms with van der Waals surface area (Å²) in [5.74, 6) is 0.765. The lowest BCUT2D eigenvalue weighted by atomic mass is 10.0. The lowest BCUT2D eigenvalue weighted by Gasteiger charge is -2.31. The largest absolute Gasteiger partial charge is 0.354 e. The van der Waals surface area contributed by atoms with Crippen molar-refractivity contribution in [2.45, 2.75) is 44.5 Å². The highest BCUT2D eigenvalue weighted by atomic mass is 79.9. The second kappa shape index (κ2) is 15.1. The summed E-state index contributed by atoms with van der Waals surface area (Å²) in [7, 11) is 0. The molecule has 0 aliphatic carbocycles. The molecule has 0 saturated carbocycles. The van der Waals surface area contributed by atoms with Crippen LogP contribution >= 0.6 is 39.3 Å². The number of benzene rings is 3. The van der Waals surface area contributed by atoms with Crippen LogP contribution in [0.25, 0.3) is 0 Å². The number of carbonyl (C=O) groups excluding carboxylic acids is 2. The average Bonchev–Trinajstić information content (AvgIpc) is 2.87. The molecule has 0 radical (unpaired) electrons. The Hall–Kier alpha value is -2.28. The van der Waals surface area contributed by atoms with Gasteiger partial charge in [-0.25, -0.2) is 0 Å². The van der Waals surface area contributed by atoms with Crippen LogP contribution in [0.3, 0.4) is 0 Å². The molecule has 0 heterocycles. The predicted octanol–water partition coefficient (Wildman–Crippen LogP) is 6.89. The predicted molar refractivity (Wildman–Crippen MR) is 154 cm³/mol. The van der Waals surface area contributed by atoms with E-state index in [4.69, 9.17) is 11.6 Å². The van der Waals surface area contributed by atoms with Crippen molar-refractivity contribution in [2.24, 2.45) is 0 Å². The van der Waals surface area contributed by atoms with Gasteiger partial charge in [0, 0.05) is 34.8 Å². The Morgan fingerprint density at radius 1 is 0.972 bits per heavy atom. The lowest BCUT2D eigenvalue weighted by Crippen LogP contribution is -2.51. The molecule has 0 saturated heterocycles. The molecule has 0 fully saturated rings. The zero-order valence-corrected chi connectivity index (χ0v) is 23.6. The number of rotatable bonds is 13. The minimum Gasteiger partial charge on any atom is -0.354 e. The molecule has 3 rings (SSSR count). The number of nitrogens with one attached hydrogen (secondary N) is 1. The number of amides is 2. The van der Waals surface area contributed by atoms with Gasteiger partial charge >= 0.3 is 0 Å². The summed E-state index contributed by atoms with van der Waals surface area (Å²) in [5.41, 5.74) is 3.06. The van der Waals surface area contributed by atoms with Crippen molar-refractivity contribution in [3.05, 3.63) is 105 Å². The monoisotopic (exact) mass is 586 g/mol. The van der Waals surface area contributed by atoms with Crippen molar-refractivity contribution in [2.75, 3.05) is 12.3 Å². The fourth-order valence-electron chi connectivity index (χ4n) is 3.86. The quantitative estimate of drug-likeness (QED) is 0.222. The summed E-state index contributed by atoms with van der Waals surface area (Å²) in [6.45, 7) is 3.05. The van der Waals surface area contributed by atoms with Crippen LogP contribution in [0.1, 0.15) is 36.5 Å². The van der Waals surface area contributed by atoms with Gasteiger partial charge in [0.05, 0.1) is 5.75 Å². The maximum absolute atomic E-state index is 13.6. The Kier molecular flexibility index (Phi) is 11.9. The van der Waals surface area contributed by atoms with Crippen LogP contribution in [0.4, 0.5) is 0 Å². The molecule has 4 nitrogen and oxygen atoms in total. The van der Waals surface area contributed by atoms with E-state index in [0.717, 1.165) is 34.0 Å². The topological polar surface area (TPSA) is 49.4 Å². The first-order valence-corrected chi connectivity index (χ1v) is 14.5. The van der Waals surface area contributed by atoms with E-state index in [9.17, 15) is 9.59 Å². The number of nitrogens with zero attached hydrogens (tertiary/aromatic N) is 1. The SMILES string of the molecule is CCCCNC(=O)C(Cc1ccccc1)N(Cc1cccc(Br)c1)C(=O)CSCc1cccc(Cl)c1. The van der Waals surface area contributed by atoms with Gasteiger partial charge in [0.1, 0.15) is 6.04 Å². The summed E-state index contributed by atoms with van der Waals surface area (Å²) in [6.07, 6.45) is 2.35. The van der Waals surface area contributed by atoms with Gasteiger partial charge in [-0.05, 0) is 47.4 Å². The van der Waals surface area contributed by atoms with Crippen LogP contribution in [-0.4, -0.2) is 35.1 Å². The summed E-state index contributed by atoms with van der Waals surface area (Å²) < 4.78 is 0.940. The molecule has 0 bridgehead atoms. The second-order valence-corrected chi connectivity index (χ2v) is 11.0. The summed E-state index contributed by atoms with van der Waals surface area (Å²) in [6, 6.07) is 24.8. The van der Waals surface area contributed by atoms with Crippen molar-refractivity contribution in [1.29, 1.82) is 0 Å². The molecule has 2 amide bonds. The molecule has 0 aliphatic rings. The Labute approximate surface area is 231 Å². The fourth-order valence-corrected chi connectivity index (χ4v) is 5.38. The van der Waals surface area contributed by atoms with E-state index in [0.29, 0.717) is 30.3 Å². The minimum absolute atomic E-state index is 0.0615. The number of halogens is 2. The molecule has 0 spiro atoms. The van der Waals surface area contributed by atoms with Gasteiger partial charge in [0.2, 0.25) is 11.8 Å². The highest BCUT2D eigenvalue weighted by Gasteiger charge is 2.30. The zero-order chi connectivity index (χ0) is 25.8. The minimum atomic E-state index is -0.609. The van der Waals surface area contributed by atoms with Gasteiger partial charge in [-0.3, -0.25) is 9.59 Å².